The zero-order valence-corrected chi connectivity index (χ0v) is 37.9. The molecule has 0 spiro atoms. The second kappa shape index (κ2) is 21.4. The molecule has 2 fully saturated rings. The number of nitrogens with zero attached hydrogens (tertiary/aromatic N) is 7. The highest BCUT2D eigenvalue weighted by atomic mass is 35.5. The third-order valence-corrected chi connectivity index (χ3v) is 11.4. The van der Waals surface area contributed by atoms with Crippen molar-refractivity contribution >= 4 is 70.2 Å². The Morgan fingerprint density at radius 2 is 1.62 bits per heavy atom. The van der Waals surface area contributed by atoms with Crippen molar-refractivity contribution in [2.45, 2.75) is 83.4 Å². The number of piperidine rings is 1. The lowest BCUT2D eigenvalue weighted by atomic mass is 9.74. The molecule has 0 saturated carbocycles. The fourth-order valence-electron chi connectivity index (χ4n) is 7.75. The molecule has 3 aromatic rings. The number of halogens is 1. The number of benzene rings is 1. The molecular weight excluding hydrogens is 876 g/mol. The van der Waals surface area contributed by atoms with Crippen LogP contribution in [0.5, 0.6) is 5.75 Å². The number of nitriles is 1. The van der Waals surface area contributed by atoms with Gasteiger partial charge in [-0.15, -0.1) is 0 Å². The molecule has 23 heteroatoms. The molecule has 5 rings (SSSR count). The largest absolute Gasteiger partial charge is 0.467 e. The molecule has 4 heterocycles. The summed E-state index contributed by atoms with van der Waals surface area (Å²) < 4.78 is 39.4. The average molecular weight is 927 g/mol. The summed E-state index contributed by atoms with van der Waals surface area (Å²) in [4.78, 5) is 103. The Bertz CT molecular complexity index is 2340. The Morgan fingerprint density at radius 3 is 2.25 bits per heavy atom. The number of likely N-dealkylation sites (N-methyl/N-ethyl adjacent to an activating group) is 3. The maximum absolute atomic E-state index is 13.7. The number of carbonyl (C=O) groups excluding carboxylic acids is 7. The van der Waals surface area contributed by atoms with Gasteiger partial charge in [0.25, 0.3) is 0 Å². The molecule has 2 saturated heterocycles. The van der Waals surface area contributed by atoms with E-state index in [1.165, 1.54) is 45.9 Å². The molecule has 7 atom stereocenters. The fourth-order valence-corrected chi connectivity index (χ4v) is 8.00. The molecule has 0 aliphatic carbocycles. The van der Waals surface area contributed by atoms with Gasteiger partial charge in [-0.25, -0.2) is 24.4 Å². The molecule has 2 aromatic heterocycles. The molecule has 0 bridgehead atoms. The van der Waals surface area contributed by atoms with Crippen LogP contribution in [0.25, 0.3) is 11.0 Å². The monoisotopic (exact) mass is 926 g/mol. The van der Waals surface area contributed by atoms with Crippen LogP contribution in [0.4, 0.5) is 15.4 Å². The van der Waals surface area contributed by atoms with Gasteiger partial charge >= 0.3 is 36.0 Å². The summed E-state index contributed by atoms with van der Waals surface area (Å²) in [5.41, 5.74) is -0.306. The minimum atomic E-state index is -1.68. The Balaban J connectivity index is 1.22. The lowest BCUT2D eigenvalue weighted by Gasteiger charge is -2.48. The van der Waals surface area contributed by atoms with E-state index in [4.69, 9.17) is 44.8 Å². The van der Waals surface area contributed by atoms with Gasteiger partial charge in [0.2, 0.25) is 12.4 Å². The molecule has 1 aromatic carbocycles. The smallest absolute Gasteiger partial charge is 0.409 e. The molecule has 2 amide bonds. The second-order valence-corrected chi connectivity index (χ2v) is 15.9. The predicted octanol–water partition coefficient (Wildman–Crippen LogP) is 2.61. The molecular formula is C42H51ClN8O14. The highest BCUT2D eigenvalue weighted by molar-refractivity contribution is 6.32. The van der Waals surface area contributed by atoms with Gasteiger partial charge in [-0.1, -0.05) is 24.6 Å². The number of ether oxygens (including phenoxy) is 7. The van der Waals surface area contributed by atoms with Crippen molar-refractivity contribution in [1.29, 1.82) is 5.26 Å². The van der Waals surface area contributed by atoms with Crippen molar-refractivity contribution in [3.63, 3.8) is 0 Å². The van der Waals surface area contributed by atoms with Gasteiger partial charge in [0, 0.05) is 67.7 Å². The number of methoxy groups -OCH3 is 1. The number of amides is 2. The number of anilines is 1. The maximum Gasteiger partial charge on any atom is 0.409 e. The third-order valence-electron chi connectivity index (χ3n) is 11.1. The molecule has 0 radical (unpaired) electrons. The van der Waals surface area contributed by atoms with Crippen molar-refractivity contribution < 1.29 is 66.7 Å². The minimum Gasteiger partial charge on any atom is -0.467 e. The van der Waals surface area contributed by atoms with Crippen LogP contribution in [0.3, 0.4) is 0 Å². The van der Waals surface area contributed by atoms with Crippen molar-refractivity contribution in [3.8, 4) is 11.8 Å². The van der Waals surface area contributed by atoms with Crippen LogP contribution in [0.15, 0.2) is 36.8 Å². The normalized spacial score (nSPS) is 22.6. The molecule has 65 heavy (non-hydrogen) atoms. The van der Waals surface area contributed by atoms with Crippen LogP contribution in [0.1, 0.15) is 46.1 Å². The standard InChI is InChI=1S/C42H51ClN8O14/c1-23-12-15-45-21-42(23,31(55)11-14-44)50(7)36-28-13-16-51(37(28)47-22-46-36)40(57)48(5)17-18-49(6)41(58)60-20-27-9-10-30(29(43)19-27)64-39-35(63-26(4)54)33(62-25(3)53)32(61-24(2)52)34(65-39)38(56)59-8/h9-10,13,16,19,22-23,32-35,39,45H,11-12,15,17-18,20-21H2,1-8H3/t23-,32+,33+,34+,35-,39-,42+/m1/s1. The van der Waals surface area contributed by atoms with E-state index >= 15 is 0 Å². The van der Waals surface area contributed by atoms with Gasteiger partial charge in [0.1, 0.15) is 30.0 Å². The number of Topliss-reactive ketones (excluding diaryl/α,β-unsaturated/α-hetero) is 1. The summed E-state index contributed by atoms with van der Waals surface area (Å²) in [5.74, 6) is -3.51. The van der Waals surface area contributed by atoms with Gasteiger partial charge in [-0.05, 0) is 42.6 Å². The first kappa shape index (κ1) is 49.4. The van der Waals surface area contributed by atoms with Crippen LogP contribution < -0.4 is 15.0 Å². The quantitative estimate of drug-likeness (QED) is 0.170. The Kier molecular flexibility index (Phi) is 16.3. The van der Waals surface area contributed by atoms with Gasteiger partial charge in [0.05, 0.1) is 30.0 Å². The molecule has 350 valence electrons. The summed E-state index contributed by atoms with van der Waals surface area (Å²) >= 11 is 6.55. The lowest BCUT2D eigenvalue weighted by molar-refractivity contribution is -0.282. The van der Waals surface area contributed by atoms with E-state index in [0.29, 0.717) is 35.4 Å². The summed E-state index contributed by atoms with van der Waals surface area (Å²) in [7, 11) is 5.87. The van der Waals surface area contributed by atoms with Gasteiger partial charge in [0.15, 0.2) is 29.7 Å². The van der Waals surface area contributed by atoms with Crippen molar-refractivity contribution in [1.82, 2.24) is 29.7 Å². The first-order valence-corrected chi connectivity index (χ1v) is 20.7. The number of fused-ring (bicyclic) bond motifs is 1. The summed E-state index contributed by atoms with van der Waals surface area (Å²) in [5, 5.41) is 13.2. The molecule has 22 nitrogen and oxygen atoms in total. The lowest BCUT2D eigenvalue weighted by Crippen LogP contribution is -2.66. The van der Waals surface area contributed by atoms with E-state index in [1.807, 2.05) is 13.0 Å². The SMILES string of the molecule is COC(=O)[C@H]1O[C@@H](Oc2ccc(COC(=O)N(C)CCN(C)C(=O)n3ccc4c(N(C)[C@@]5(C(=O)CC#N)CNCC[C@H]5C)ncnc43)cc2Cl)[C@H](OC(C)=O)[C@@H](OC(C)=O)[C@@H]1OC(C)=O. The van der Waals surface area contributed by atoms with Crippen LogP contribution in [0, 0.1) is 17.2 Å². The molecule has 2 aliphatic rings. The number of aromatic nitrogens is 3. The first-order chi connectivity index (χ1) is 30.8. The number of esters is 4. The highest BCUT2D eigenvalue weighted by Gasteiger charge is 2.56. The summed E-state index contributed by atoms with van der Waals surface area (Å²) in [6.45, 7) is 6.16. The highest BCUT2D eigenvalue weighted by Crippen LogP contribution is 2.37. The summed E-state index contributed by atoms with van der Waals surface area (Å²) in [6, 6.07) is 7.56. The van der Waals surface area contributed by atoms with Crippen LogP contribution in [-0.4, -0.2) is 157 Å². The van der Waals surface area contributed by atoms with E-state index in [-0.39, 0.29) is 48.6 Å². The zero-order valence-electron chi connectivity index (χ0n) is 37.1. The fraction of sp³-hybridized carbons (Fsp3) is 0.524. The van der Waals surface area contributed by atoms with Crippen LogP contribution in [0.2, 0.25) is 5.02 Å². The first-order valence-electron chi connectivity index (χ1n) is 20.3. The molecule has 1 N–H and O–H groups in total. The Hall–Kier alpha value is -6.57. The Morgan fingerprint density at radius 1 is 0.954 bits per heavy atom. The van der Waals surface area contributed by atoms with E-state index in [2.05, 4.69) is 15.3 Å². The predicted molar refractivity (Wildman–Crippen MR) is 226 cm³/mol. The Labute approximate surface area is 378 Å². The van der Waals surface area contributed by atoms with E-state index < -0.39 is 72.2 Å². The molecule has 0 unspecified atom stereocenters. The number of hydrogen-bond acceptors (Lipinski definition) is 19. The van der Waals surface area contributed by atoms with E-state index in [9.17, 15) is 38.8 Å². The second-order valence-electron chi connectivity index (χ2n) is 15.5. The van der Waals surface area contributed by atoms with E-state index in [0.717, 1.165) is 34.4 Å². The number of nitrogens with one attached hydrogen (secondary N) is 1. The zero-order chi connectivity index (χ0) is 47.7. The maximum atomic E-state index is 13.7. The topological polar surface area (TPSA) is 260 Å². The average Bonchev–Trinajstić information content (AvgIpc) is 3.70. The number of rotatable bonds is 15. The molecule has 2 aliphatic heterocycles. The van der Waals surface area contributed by atoms with Crippen LogP contribution in [-0.2, 0) is 59.0 Å². The van der Waals surface area contributed by atoms with Gasteiger partial charge in [-0.2, -0.15) is 5.26 Å². The number of carbonyl (C=O) groups is 7. The third kappa shape index (κ3) is 11.0. The number of ketones is 1. The van der Waals surface area contributed by atoms with Crippen molar-refractivity contribution in [2.24, 2.45) is 5.92 Å². The van der Waals surface area contributed by atoms with Crippen molar-refractivity contribution in [2.75, 3.05) is 59.3 Å². The van der Waals surface area contributed by atoms with E-state index in [1.54, 1.807) is 31.3 Å². The number of hydrogen-bond donors (Lipinski definition) is 1. The minimum absolute atomic E-state index is 0.0212. The van der Waals surface area contributed by atoms with Crippen molar-refractivity contribution in [3.05, 3.63) is 47.4 Å². The van der Waals surface area contributed by atoms with Crippen LogP contribution >= 0.6 is 11.6 Å². The van der Waals surface area contributed by atoms with Gasteiger partial charge < -0.3 is 53.2 Å². The van der Waals surface area contributed by atoms with Gasteiger partial charge in [-0.3, -0.25) is 23.7 Å². The summed E-state index contributed by atoms with van der Waals surface area (Å²) in [6.07, 6.45) is -5.44.